The molecule has 0 unspecified atom stereocenters. The predicted molar refractivity (Wildman–Crippen MR) is 71.6 cm³/mol. The first-order valence-electron chi connectivity index (χ1n) is 6.38. The standard InChI is InChI=1S/C14H18N4/c1-11-3-4-14(16-7-11)18-9-13(10-18)8-17-6-5-15-12(17)2/h3-7,13H,8-10H2,1-2H3. The van der Waals surface area contributed by atoms with E-state index in [0.717, 1.165) is 31.3 Å². The maximum Gasteiger partial charge on any atom is 0.128 e. The van der Waals surface area contributed by atoms with E-state index in [-0.39, 0.29) is 0 Å². The molecule has 0 aliphatic carbocycles. The van der Waals surface area contributed by atoms with Crippen molar-refractivity contribution in [1.82, 2.24) is 14.5 Å². The smallest absolute Gasteiger partial charge is 0.128 e. The Morgan fingerprint density at radius 2 is 2.06 bits per heavy atom. The molecule has 1 aliphatic heterocycles. The number of aromatic nitrogens is 3. The number of hydrogen-bond acceptors (Lipinski definition) is 3. The van der Waals surface area contributed by atoms with E-state index >= 15 is 0 Å². The summed E-state index contributed by atoms with van der Waals surface area (Å²) in [4.78, 5) is 11.0. The molecule has 0 atom stereocenters. The Kier molecular flexibility index (Phi) is 2.78. The van der Waals surface area contributed by atoms with Gasteiger partial charge in [0.2, 0.25) is 0 Å². The predicted octanol–water partition coefficient (Wildman–Crippen LogP) is 2.03. The molecular weight excluding hydrogens is 224 g/mol. The van der Waals surface area contributed by atoms with Crippen molar-refractivity contribution in [2.75, 3.05) is 18.0 Å². The summed E-state index contributed by atoms with van der Waals surface area (Å²) in [6.45, 7) is 7.37. The molecule has 3 rings (SSSR count). The lowest BCUT2D eigenvalue weighted by molar-refractivity contribution is 0.352. The summed E-state index contributed by atoms with van der Waals surface area (Å²) < 4.78 is 2.23. The van der Waals surface area contributed by atoms with Gasteiger partial charge in [-0.25, -0.2) is 9.97 Å². The molecule has 2 aromatic rings. The average Bonchev–Trinajstić information content (AvgIpc) is 2.71. The Balaban J connectivity index is 1.57. The lowest BCUT2D eigenvalue weighted by Gasteiger charge is -2.40. The van der Waals surface area contributed by atoms with Crippen molar-refractivity contribution in [3.05, 3.63) is 42.1 Å². The van der Waals surface area contributed by atoms with E-state index in [0.29, 0.717) is 5.92 Å². The molecular formula is C14H18N4. The highest BCUT2D eigenvalue weighted by Gasteiger charge is 2.27. The van der Waals surface area contributed by atoms with E-state index in [1.54, 1.807) is 0 Å². The molecule has 2 aromatic heterocycles. The molecule has 3 heterocycles. The van der Waals surface area contributed by atoms with Gasteiger partial charge in [0.05, 0.1) is 0 Å². The van der Waals surface area contributed by atoms with Crippen LogP contribution in [0.25, 0.3) is 0 Å². The van der Waals surface area contributed by atoms with Crippen LogP contribution in [0.4, 0.5) is 5.82 Å². The van der Waals surface area contributed by atoms with Crippen molar-refractivity contribution in [1.29, 1.82) is 0 Å². The molecule has 0 bridgehead atoms. The molecule has 0 N–H and O–H groups in total. The van der Waals surface area contributed by atoms with Crippen molar-refractivity contribution >= 4 is 5.82 Å². The Labute approximate surface area is 107 Å². The highest BCUT2D eigenvalue weighted by atomic mass is 15.2. The van der Waals surface area contributed by atoms with E-state index in [1.807, 2.05) is 12.4 Å². The van der Waals surface area contributed by atoms with Gasteiger partial charge >= 0.3 is 0 Å². The van der Waals surface area contributed by atoms with E-state index in [9.17, 15) is 0 Å². The zero-order valence-electron chi connectivity index (χ0n) is 10.9. The van der Waals surface area contributed by atoms with Crippen molar-refractivity contribution < 1.29 is 0 Å². The van der Waals surface area contributed by atoms with Crippen LogP contribution < -0.4 is 4.90 Å². The normalized spacial score (nSPS) is 15.8. The van der Waals surface area contributed by atoms with Crippen molar-refractivity contribution in [2.45, 2.75) is 20.4 Å². The highest BCUT2D eigenvalue weighted by molar-refractivity contribution is 5.42. The first-order valence-corrected chi connectivity index (χ1v) is 6.38. The van der Waals surface area contributed by atoms with Crippen LogP contribution in [0.3, 0.4) is 0 Å². The Hall–Kier alpha value is -1.84. The molecule has 1 fully saturated rings. The topological polar surface area (TPSA) is 34.0 Å². The van der Waals surface area contributed by atoms with Gasteiger partial charge in [0, 0.05) is 44.1 Å². The lowest BCUT2D eigenvalue weighted by Crippen LogP contribution is -2.49. The second kappa shape index (κ2) is 4.44. The third-order valence-corrected chi connectivity index (χ3v) is 3.56. The molecule has 1 saturated heterocycles. The summed E-state index contributed by atoms with van der Waals surface area (Å²) in [6.07, 6.45) is 5.86. The quantitative estimate of drug-likeness (QED) is 0.826. The summed E-state index contributed by atoms with van der Waals surface area (Å²) in [5.74, 6) is 2.90. The molecule has 0 amide bonds. The number of nitrogens with zero attached hydrogens (tertiary/aromatic N) is 4. The summed E-state index contributed by atoms with van der Waals surface area (Å²) in [7, 11) is 0. The number of pyridine rings is 1. The number of imidazole rings is 1. The highest BCUT2D eigenvalue weighted by Crippen LogP contribution is 2.24. The third-order valence-electron chi connectivity index (χ3n) is 3.56. The van der Waals surface area contributed by atoms with Crippen LogP contribution in [0.2, 0.25) is 0 Å². The van der Waals surface area contributed by atoms with Gasteiger partial charge in [-0.15, -0.1) is 0 Å². The lowest BCUT2D eigenvalue weighted by atomic mass is 10.00. The minimum absolute atomic E-state index is 0.709. The summed E-state index contributed by atoms with van der Waals surface area (Å²) in [5.41, 5.74) is 1.21. The maximum atomic E-state index is 4.46. The SMILES string of the molecule is Cc1ccc(N2CC(Cn3ccnc3C)C2)nc1. The fourth-order valence-corrected chi connectivity index (χ4v) is 2.39. The van der Waals surface area contributed by atoms with E-state index < -0.39 is 0 Å². The van der Waals surface area contributed by atoms with E-state index in [2.05, 4.69) is 51.6 Å². The second-order valence-corrected chi connectivity index (χ2v) is 5.09. The Bertz CT molecular complexity index is 523. The van der Waals surface area contributed by atoms with Gasteiger partial charge in [0.15, 0.2) is 0 Å². The molecule has 94 valence electrons. The Morgan fingerprint density at radius 1 is 1.22 bits per heavy atom. The molecule has 4 heteroatoms. The fraction of sp³-hybridized carbons (Fsp3) is 0.429. The van der Waals surface area contributed by atoms with Crippen LogP contribution in [-0.4, -0.2) is 27.6 Å². The van der Waals surface area contributed by atoms with Gasteiger partial charge < -0.3 is 9.47 Å². The molecule has 4 nitrogen and oxygen atoms in total. The zero-order valence-corrected chi connectivity index (χ0v) is 10.9. The van der Waals surface area contributed by atoms with Crippen molar-refractivity contribution in [3.63, 3.8) is 0 Å². The van der Waals surface area contributed by atoms with E-state index in [4.69, 9.17) is 0 Å². The minimum atomic E-state index is 0.709. The van der Waals surface area contributed by atoms with Gasteiger partial charge in [-0.05, 0) is 25.5 Å². The molecule has 0 radical (unpaired) electrons. The third kappa shape index (κ3) is 2.10. The van der Waals surface area contributed by atoms with Crippen molar-refractivity contribution in [2.24, 2.45) is 5.92 Å². The first-order chi connectivity index (χ1) is 8.72. The number of aryl methyl sites for hydroxylation is 2. The molecule has 0 aromatic carbocycles. The Morgan fingerprint density at radius 3 is 2.67 bits per heavy atom. The average molecular weight is 242 g/mol. The largest absolute Gasteiger partial charge is 0.356 e. The summed E-state index contributed by atoms with van der Waals surface area (Å²) >= 11 is 0. The van der Waals surface area contributed by atoms with Crippen LogP contribution in [0, 0.1) is 19.8 Å². The van der Waals surface area contributed by atoms with Crippen LogP contribution in [-0.2, 0) is 6.54 Å². The van der Waals surface area contributed by atoms with Gasteiger partial charge in [0.1, 0.15) is 11.6 Å². The maximum absolute atomic E-state index is 4.46. The van der Waals surface area contributed by atoms with Gasteiger partial charge in [-0.3, -0.25) is 0 Å². The number of hydrogen-bond donors (Lipinski definition) is 0. The molecule has 0 spiro atoms. The van der Waals surface area contributed by atoms with Crippen LogP contribution in [0.15, 0.2) is 30.7 Å². The van der Waals surface area contributed by atoms with E-state index in [1.165, 1.54) is 5.56 Å². The van der Waals surface area contributed by atoms with Crippen LogP contribution in [0.1, 0.15) is 11.4 Å². The van der Waals surface area contributed by atoms with Gasteiger partial charge in [0.25, 0.3) is 0 Å². The molecule has 1 aliphatic rings. The fourth-order valence-electron chi connectivity index (χ4n) is 2.39. The number of rotatable bonds is 3. The monoisotopic (exact) mass is 242 g/mol. The first kappa shape index (κ1) is 11.3. The second-order valence-electron chi connectivity index (χ2n) is 5.09. The van der Waals surface area contributed by atoms with Crippen molar-refractivity contribution in [3.8, 4) is 0 Å². The van der Waals surface area contributed by atoms with Crippen LogP contribution in [0.5, 0.6) is 0 Å². The van der Waals surface area contributed by atoms with Gasteiger partial charge in [-0.2, -0.15) is 0 Å². The summed E-state index contributed by atoms with van der Waals surface area (Å²) in [6, 6.07) is 4.23. The van der Waals surface area contributed by atoms with Crippen LogP contribution >= 0.6 is 0 Å². The minimum Gasteiger partial charge on any atom is -0.356 e. The molecule has 0 saturated carbocycles. The zero-order chi connectivity index (χ0) is 12.5. The summed E-state index contributed by atoms with van der Waals surface area (Å²) in [5, 5.41) is 0. The number of anilines is 1. The van der Waals surface area contributed by atoms with Gasteiger partial charge in [-0.1, -0.05) is 6.07 Å². The molecule has 18 heavy (non-hydrogen) atoms.